The Morgan fingerprint density at radius 2 is 2.17 bits per heavy atom. The fraction of sp³-hybridized carbons (Fsp3) is 0.556. The molecule has 5 heteroatoms. The lowest BCUT2D eigenvalue weighted by molar-refractivity contribution is 0.180. The molecule has 124 valence electrons. The summed E-state index contributed by atoms with van der Waals surface area (Å²) < 4.78 is 5.53. The van der Waals surface area contributed by atoms with Crippen LogP contribution >= 0.6 is 0 Å². The van der Waals surface area contributed by atoms with Crippen LogP contribution in [0.15, 0.2) is 34.9 Å². The second-order valence-electron chi connectivity index (χ2n) is 6.50. The largest absolute Gasteiger partial charge is 0.339 e. The molecule has 1 aromatic heterocycles. The Balaban J connectivity index is 1.60. The van der Waals surface area contributed by atoms with Gasteiger partial charge in [-0.2, -0.15) is 4.98 Å². The van der Waals surface area contributed by atoms with Crippen molar-refractivity contribution in [3.05, 3.63) is 47.6 Å². The van der Waals surface area contributed by atoms with Crippen molar-refractivity contribution in [1.82, 2.24) is 20.4 Å². The number of piperidine rings is 1. The third-order valence-electron chi connectivity index (χ3n) is 4.57. The minimum atomic E-state index is 0.360. The number of benzene rings is 1. The number of likely N-dealkylation sites (tertiary alicyclic amines) is 1. The van der Waals surface area contributed by atoms with Crippen molar-refractivity contribution in [3.63, 3.8) is 0 Å². The molecule has 0 spiro atoms. The number of likely N-dealkylation sites (N-methyl/N-ethyl adjacent to an activating group) is 1. The van der Waals surface area contributed by atoms with Gasteiger partial charge in [-0.25, -0.2) is 0 Å². The molecule has 2 atom stereocenters. The molecule has 1 aliphatic heterocycles. The summed E-state index contributed by atoms with van der Waals surface area (Å²) in [5.74, 6) is 1.97. The highest BCUT2D eigenvalue weighted by molar-refractivity contribution is 5.14. The predicted molar refractivity (Wildman–Crippen MR) is 90.2 cm³/mol. The van der Waals surface area contributed by atoms with E-state index in [9.17, 15) is 0 Å². The van der Waals surface area contributed by atoms with Gasteiger partial charge in [0.25, 0.3) is 0 Å². The molecule has 0 amide bonds. The van der Waals surface area contributed by atoms with Crippen molar-refractivity contribution < 1.29 is 4.52 Å². The summed E-state index contributed by atoms with van der Waals surface area (Å²) in [5, 5.41) is 7.35. The van der Waals surface area contributed by atoms with Crippen LogP contribution in [0.3, 0.4) is 0 Å². The van der Waals surface area contributed by atoms with Crippen LogP contribution < -0.4 is 5.32 Å². The summed E-state index contributed by atoms with van der Waals surface area (Å²) >= 11 is 0. The van der Waals surface area contributed by atoms with Crippen molar-refractivity contribution in [1.29, 1.82) is 0 Å². The average Bonchev–Trinajstić information content (AvgIpc) is 3.04. The lowest BCUT2D eigenvalue weighted by Crippen LogP contribution is -2.34. The van der Waals surface area contributed by atoms with Crippen LogP contribution in [0.1, 0.15) is 43.0 Å². The molecule has 23 heavy (non-hydrogen) atoms. The van der Waals surface area contributed by atoms with Crippen molar-refractivity contribution >= 4 is 0 Å². The Morgan fingerprint density at radius 3 is 2.96 bits per heavy atom. The van der Waals surface area contributed by atoms with E-state index in [1.54, 1.807) is 0 Å². The average molecular weight is 314 g/mol. The quantitative estimate of drug-likeness (QED) is 0.888. The molecule has 1 saturated heterocycles. The Morgan fingerprint density at radius 1 is 1.35 bits per heavy atom. The van der Waals surface area contributed by atoms with Gasteiger partial charge in [-0.15, -0.1) is 0 Å². The lowest BCUT2D eigenvalue weighted by atomic mass is 9.97. The monoisotopic (exact) mass is 314 g/mol. The molecule has 3 rings (SSSR count). The smallest absolute Gasteiger partial charge is 0.231 e. The van der Waals surface area contributed by atoms with Crippen molar-refractivity contribution in [2.24, 2.45) is 0 Å². The van der Waals surface area contributed by atoms with E-state index in [1.807, 2.05) is 7.05 Å². The fourth-order valence-corrected chi connectivity index (χ4v) is 3.13. The zero-order chi connectivity index (χ0) is 16.1. The number of nitrogens with one attached hydrogen (secondary N) is 1. The molecule has 1 fully saturated rings. The topological polar surface area (TPSA) is 54.2 Å². The van der Waals surface area contributed by atoms with E-state index in [4.69, 9.17) is 4.52 Å². The third-order valence-corrected chi connectivity index (χ3v) is 4.57. The molecule has 1 aromatic carbocycles. The molecular formula is C18H26N4O. The van der Waals surface area contributed by atoms with Gasteiger partial charge in [-0.3, -0.25) is 4.90 Å². The summed E-state index contributed by atoms with van der Waals surface area (Å²) in [4.78, 5) is 7.11. The molecule has 2 aromatic rings. The Kier molecular flexibility index (Phi) is 5.41. The standard InChI is InChI=1S/C18H26N4O/c1-14(19-2)11-17-20-18(23-21-17)16-9-6-10-22(13-16)12-15-7-4-3-5-8-15/h3-5,7-8,14,16,19H,6,9-13H2,1-2H3. The second kappa shape index (κ2) is 7.70. The summed E-state index contributed by atoms with van der Waals surface area (Å²) in [7, 11) is 1.95. The number of rotatable bonds is 6. The first-order valence-corrected chi connectivity index (χ1v) is 8.50. The molecule has 0 saturated carbocycles. The van der Waals surface area contributed by atoms with Crippen LogP contribution in [0.25, 0.3) is 0 Å². The Hall–Kier alpha value is -1.72. The first-order chi connectivity index (χ1) is 11.2. The summed E-state index contributed by atoms with van der Waals surface area (Å²) in [5.41, 5.74) is 1.36. The van der Waals surface area contributed by atoms with Gasteiger partial charge in [0.2, 0.25) is 5.89 Å². The van der Waals surface area contributed by atoms with Gasteiger partial charge < -0.3 is 9.84 Å². The van der Waals surface area contributed by atoms with Crippen LogP contribution in [0.4, 0.5) is 0 Å². The molecule has 2 unspecified atom stereocenters. The molecule has 5 nitrogen and oxygen atoms in total. The van der Waals surface area contributed by atoms with Gasteiger partial charge in [0, 0.05) is 25.6 Å². The summed E-state index contributed by atoms with van der Waals surface area (Å²) in [6.07, 6.45) is 3.12. The zero-order valence-corrected chi connectivity index (χ0v) is 14.0. The van der Waals surface area contributed by atoms with Crippen LogP contribution in [0, 0.1) is 0 Å². The maximum atomic E-state index is 5.53. The molecule has 0 aliphatic carbocycles. The molecule has 1 aliphatic rings. The zero-order valence-electron chi connectivity index (χ0n) is 14.0. The first kappa shape index (κ1) is 16.1. The maximum Gasteiger partial charge on any atom is 0.231 e. The van der Waals surface area contributed by atoms with Crippen LogP contribution in [-0.4, -0.2) is 41.2 Å². The maximum absolute atomic E-state index is 5.53. The van der Waals surface area contributed by atoms with Crippen LogP contribution in [0.5, 0.6) is 0 Å². The number of hydrogen-bond donors (Lipinski definition) is 1. The fourth-order valence-electron chi connectivity index (χ4n) is 3.13. The van der Waals surface area contributed by atoms with E-state index in [0.29, 0.717) is 12.0 Å². The van der Waals surface area contributed by atoms with Crippen molar-refractivity contribution in [2.75, 3.05) is 20.1 Å². The van der Waals surface area contributed by atoms with Crippen molar-refractivity contribution in [3.8, 4) is 0 Å². The van der Waals surface area contributed by atoms with Crippen molar-refractivity contribution in [2.45, 2.75) is 44.7 Å². The molecule has 0 radical (unpaired) electrons. The summed E-state index contributed by atoms with van der Waals surface area (Å²) in [6.45, 7) is 5.26. The van der Waals surface area contributed by atoms with E-state index >= 15 is 0 Å². The summed E-state index contributed by atoms with van der Waals surface area (Å²) in [6, 6.07) is 11.0. The Bertz CT molecular complexity index is 598. The lowest BCUT2D eigenvalue weighted by Gasteiger charge is -2.30. The number of hydrogen-bond acceptors (Lipinski definition) is 5. The Labute approximate surface area is 138 Å². The van der Waals surface area contributed by atoms with Gasteiger partial charge >= 0.3 is 0 Å². The van der Waals surface area contributed by atoms with E-state index in [-0.39, 0.29) is 0 Å². The van der Waals surface area contributed by atoms with Gasteiger partial charge in [-0.1, -0.05) is 35.5 Å². The van der Waals surface area contributed by atoms with E-state index in [0.717, 1.165) is 44.2 Å². The van der Waals surface area contributed by atoms with Gasteiger partial charge in [-0.05, 0) is 38.9 Å². The second-order valence-corrected chi connectivity index (χ2v) is 6.50. The number of aromatic nitrogens is 2. The van der Waals surface area contributed by atoms with Gasteiger partial charge in [0.1, 0.15) is 0 Å². The van der Waals surface area contributed by atoms with E-state index < -0.39 is 0 Å². The van der Waals surface area contributed by atoms with Crippen LogP contribution in [-0.2, 0) is 13.0 Å². The minimum absolute atomic E-state index is 0.360. The highest BCUT2D eigenvalue weighted by atomic mass is 16.5. The molecular weight excluding hydrogens is 288 g/mol. The molecule has 1 N–H and O–H groups in total. The predicted octanol–water partition coefficient (Wildman–Crippen LogP) is 2.60. The van der Waals surface area contributed by atoms with E-state index in [2.05, 4.69) is 57.6 Å². The first-order valence-electron chi connectivity index (χ1n) is 8.50. The number of nitrogens with zero attached hydrogens (tertiary/aromatic N) is 3. The highest BCUT2D eigenvalue weighted by Crippen LogP contribution is 2.26. The normalized spacial score (nSPS) is 20.5. The molecule has 2 heterocycles. The van der Waals surface area contributed by atoms with Crippen LogP contribution in [0.2, 0.25) is 0 Å². The van der Waals surface area contributed by atoms with Gasteiger partial charge in [0.05, 0.1) is 5.92 Å². The SMILES string of the molecule is CNC(C)Cc1noc(C2CCCN(Cc3ccccc3)C2)n1. The van der Waals surface area contributed by atoms with Gasteiger partial charge in [0.15, 0.2) is 5.82 Å². The van der Waals surface area contributed by atoms with E-state index in [1.165, 1.54) is 12.0 Å². The third kappa shape index (κ3) is 4.39. The highest BCUT2D eigenvalue weighted by Gasteiger charge is 2.26. The molecule has 0 bridgehead atoms. The minimum Gasteiger partial charge on any atom is -0.339 e.